The molecule has 98 valence electrons. The standard InChI is InChI=1S/C17H24O/c1-12(2)10-17(5)15-8-7-14(18-6)9-13(15)11-16(17,3)4/h7-9H,1,10-11H2,2-6H3. The summed E-state index contributed by atoms with van der Waals surface area (Å²) in [5, 5.41) is 0. The molecule has 0 amide bonds. The molecule has 1 aromatic rings. The van der Waals surface area contributed by atoms with E-state index in [1.807, 2.05) is 0 Å². The summed E-state index contributed by atoms with van der Waals surface area (Å²) in [5.41, 5.74) is 4.61. The van der Waals surface area contributed by atoms with E-state index in [2.05, 4.69) is 52.5 Å². The van der Waals surface area contributed by atoms with E-state index in [4.69, 9.17) is 4.74 Å². The highest BCUT2D eigenvalue weighted by molar-refractivity contribution is 5.47. The largest absolute Gasteiger partial charge is 0.497 e. The zero-order chi connectivity index (χ0) is 13.6. The van der Waals surface area contributed by atoms with Gasteiger partial charge in [-0.1, -0.05) is 32.4 Å². The Morgan fingerprint density at radius 2 is 2.00 bits per heavy atom. The first-order chi connectivity index (χ1) is 8.30. The van der Waals surface area contributed by atoms with Crippen LogP contribution in [0.1, 0.15) is 45.2 Å². The number of rotatable bonds is 3. The predicted octanol–water partition coefficient (Wildman–Crippen LogP) is 4.50. The Kier molecular flexibility index (Phi) is 3.04. The lowest BCUT2D eigenvalue weighted by Crippen LogP contribution is -2.35. The molecule has 0 N–H and O–H groups in total. The molecule has 0 spiro atoms. The van der Waals surface area contributed by atoms with E-state index < -0.39 is 0 Å². The van der Waals surface area contributed by atoms with E-state index in [1.54, 1.807) is 7.11 Å². The number of hydrogen-bond donors (Lipinski definition) is 0. The molecule has 1 aromatic carbocycles. The minimum atomic E-state index is 0.181. The van der Waals surface area contributed by atoms with Crippen molar-refractivity contribution in [1.82, 2.24) is 0 Å². The molecule has 2 rings (SSSR count). The molecule has 1 heteroatoms. The van der Waals surface area contributed by atoms with Crippen LogP contribution in [-0.4, -0.2) is 7.11 Å². The molecule has 0 aliphatic heterocycles. The van der Waals surface area contributed by atoms with Gasteiger partial charge in [0, 0.05) is 5.41 Å². The van der Waals surface area contributed by atoms with E-state index in [1.165, 1.54) is 16.7 Å². The molecule has 1 nitrogen and oxygen atoms in total. The summed E-state index contributed by atoms with van der Waals surface area (Å²) in [6.45, 7) is 13.3. The third kappa shape index (κ3) is 1.86. The highest BCUT2D eigenvalue weighted by Crippen LogP contribution is 2.54. The fraction of sp³-hybridized carbons (Fsp3) is 0.529. The summed E-state index contributed by atoms with van der Waals surface area (Å²) < 4.78 is 5.34. The summed E-state index contributed by atoms with van der Waals surface area (Å²) in [6, 6.07) is 6.52. The molecule has 18 heavy (non-hydrogen) atoms. The van der Waals surface area contributed by atoms with E-state index in [9.17, 15) is 0 Å². The molecule has 0 saturated carbocycles. The van der Waals surface area contributed by atoms with Crippen molar-refractivity contribution in [1.29, 1.82) is 0 Å². The van der Waals surface area contributed by atoms with Crippen LogP contribution in [0.15, 0.2) is 30.4 Å². The van der Waals surface area contributed by atoms with Gasteiger partial charge in [0.2, 0.25) is 0 Å². The topological polar surface area (TPSA) is 9.23 Å². The fourth-order valence-corrected chi connectivity index (χ4v) is 3.36. The van der Waals surface area contributed by atoms with Crippen LogP contribution in [0.4, 0.5) is 0 Å². The Balaban J connectivity index is 2.52. The Morgan fingerprint density at radius 3 is 2.56 bits per heavy atom. The van der Waals surface area contributed by atoms with Gasteiger partial charge in [-0.25, -0.2) is 0 Å². The zero-order valence-corrected chi connectivity index (χ0v) is 12.3. The second-order valence-electron chi connectivity index (χ2n) is 6.55. The third-order valence-electron chi connectivity index (χ3n) is 4.69. The highest BCUT2D eigenvalue weighted by Gasteiger charge is 2.48. The van der Waals surface area contributed by atoms with Crippen molar-refractivity contribution < 1.29 is 4.74 Å². The van der Waals surface area contributed by atoms with Gasteiger partial charge in [0.25, 0.3) is 0 Å². The first-order valence-electron chi connectivity index (χ1n) is 6.62. The first kappa shape index (κ1) is 13.2. The van der Waals surface area contributed by atoms with E-state index in [0.717, 1.165) is 18.6 Å². The monoisotopic (exact) mass is 244 g/mol. The van der Waals surface area contributed by atoms with Crippen molar-refractivity contribution >= 4 is 0 Å². The maximum Gasteiger partial charge on any atom is 0.119 e. The van der Waals surface area contributed by atoms with E-state index in [-0.39, 0.29) is 10.8 Å². The number of ether oxygens (including phenoxy) is 1. The predicted molar refractivity (Wildman–Crippen MR) is 77.3 cm³/mol. The van der Waals surface area contributed by atoms with Gasteiger partial charge in [0.15, 0.2) is 0 Å². The Bertz CT molecular complexity index is 484. The van der Waals surface area contributed by atoms with Crippen molar-refractivity contribution in [2.24, 2.45) is 5.41 Å². The molecular formula is C17H24O. The summed E-state index contributed by atoms with van der Waals surface area (Å²) in [4.78, 5) is 0. The van der Waals surface area contributed by atoms with Gasteiger partial charge in [-0.05, 0) is 48.4 Å². The SMILES string of the molecule is C=C(C)CC1(C)c2ccc(OC)cc2CC1(C)C. The normalized spacial score (nSPS) is 24.7. The van der Waals surface area contributed by atoms with Gasteiger partial charge in [-0.15, -0.1) is 6.58 Å². The number of methoxy groups -OCH3 is 1. The average Bonchev–Trinajstić information content (AvgIpc) is 2.44. The molecular weight excluding hydrogens is 220 g/mol. The van der Waals surface area contributed by atoms with Crippen LogP contribution < -0.4 is 4.74 Å². The minimum absolute atomic E-state index is 0.181. The van der Waals surface area contributed by atoms with Gasteiger partial charge in [-0.2, -0.15) is 0 Å². The lowest BCUT2D eigenvalue weighted by molar-refractivity contribution is 0.202. The first-order valence-corrected chi connectivity index (χ1v) is 6.62. The van der Waals surface area contributed by atoms with E-state index >= 15 is 0 Å². The van der Waals surface area contributed by atoms with E-state index in [0.29, 0.717) is 0 Å². The van der Waals surface area contributed by atoms with Crippen LogP contribution in [0, 0.1) is 5.41 Å². The highest BCUT2D eigenvalue weighted by atomic mass is 16.5. The maximum absolute atomic E-state index is 5.34. The van der Waals surface area contributed by atoms with Crippen LogP contribution in [-0.2, 0) is 11.8 Å². The molecule has 0 aromatic heterocycles. The van der Waals surface area contributed by atoms with Crippen LogP contribution in [0.5, 0.6) is 5.75 Å². The molecule has 1 aliphatic rings. The lowest BCUT2D eigenvalue weighted by Gasteiger charge is -2.39. The Hall–Kier alpha value is -1.24. The third-order valence-corrected chi connectivity index (χ3v) is 4.69. The number of allylic oxidation sites excluding steroid dienone is 1. The smallest absolute Gasteiger partial charge is 0.119 e. The van der Waals surface area contributed by atoms with Crippen molar-refractivity contribution in [3.63, 3.8) is 0 Å². The van der Waals surface area contributed by atoms with Crippen LogP contribution in [0.2, 0.25) is 0 Å². The van der Waals surface area contributed by atoms with Crippen molar-refractivity contribution in [3.05, 3.63) is 41.5 Å². The van der Waals surface area contributed by atoms with Crippen molar-refractivity contribution in [3.8, 4) is 5.75 Å². The summed E-state index contributed by atoms with van der Waals surface area (Å²) >= 11 is 0. The Labute approximate surface area is 111 Å². The van der Waals surface area contributed by atoms with Gasteiger partial charge >= 0.3 is 0 Å². The maximum atomic E-state index is 5.34. The zero-order valence-electron chi connectivity index (χ0n) is 12.3. The minimum Gasteiger partial charge on any atom is -0.497 e. The van der Waals surface area contributed by atoms with Gasteiger partial charge in [-0.3, -0.25) is 0 Å². The van der Waals surface area contributed by atoms with Crippen molar-refractivity contribution in [2.45, 2.75) is 46.0 Å². The van der Waals surface area contributed by atoms with Gasteiger partial charge in [0.05, 0.1) is 7.11 Å². The molecule has 1 atom stereocenters. The summed E-state index contributed by atoms with van der Waals surface area (Å²) in [7, 11) is 1.73. The van der Waals surface area contributed by atoms with Gasteiger partial charge in [0.1, 0.15) is 5.75 Å². The molecule has 0 saturated heterocycles. The fourth-order valence-electron chi connectivity index (χ4n) is 3.36. The van der Waals surface area contributed by atoms with Crippen molar-refractivity contribution in [2.75, 3.05) is 7.11 Å². The Morgan fingerprint density at radius 1 is 1.33 bits per heavy atom. The molecule has 1 aliphatic carbocycles. The molecule has 0 fully saturated rings. The number of hydrogen-bond acceptors (Lipinski definition) is 1. The second-order valence-corrected chi connectivity index (χ2v) is 6.55. The number of benzene rings is 1. The second kappa shape index (κ2) is 4.15. The van der Waals surface area contributed by atoms with Crippen LogP contribution in [0.25, 0.3) is 0 Å². The quantitative estimate of drug-likeness (QED) is 0.711. The molecule has 1 unspecified atom stereocenters. The van der Waals surface area contributed by atoms with Crippen LogP contribution >= 0.6 is 0 Å². The average molecular weight is 244 g/mol. The van der Waals surface area contributed by atoms with Gasteiger partial charge < -0.3 is 4.74 Å². The van der Waals surface area contributed by atoms with Crippen LogP contribution in [0.3, 0.4) is 0 Å². The molecule has 0 radical (unpaired) electrons. The molecule has 0 heterocycles. The lowest BCUT2D eigenvalue weighted by atomic mass is 9.64. The molecule has 0 bridgehead atoms. The summed E-state index contributed by atoms with van der Waals surface area (Å²) in [6.07, 6.45) is 2.17. The number of fused-ring (bicyclic) bond motifs is 1. The summed E-state index contributed by atoms with van der Waals surface area (Å²) in [5.74, 6) is 0.962.